The number of fused-ring (bicyclic) bond motifs is 1. The van der Waals surface area contributed by atoms with E-state index in [0.29, 0.717) is 4.77 Å². The lowest BCUT2D eigenvalue weighted by Crippen LogP contribution is -2.36. The van der Waals surface area contributed by atoms with Crippen LogP contribution in [0, 0.1) is 4.77 Å². The molecule has 0 aromatic carbocycles. The number of ether oxygens (including phenoxy) is 1. The lowest BCUT2D eigenvalue weighted by Gasteiger charge is -2.27. The summed E-state index contributed by atoms with van der Waals surface area (Å²) in [4.78, 5) is 9.52. The Labute approximate surface area is 96.6 Å². The highest BCUT2D eigenvalue weighted by atomic mass is 32.1. The first-order valence-electron chi connectivity index (χ1n) is 5.11. The smallest absolute Gasteiger partial charge is 0.200 e. The molecule has 1 fully saturated rings. The SMILES string of the molecule is S=c1nc(N2CCOCC2)c2cn[nH]c2[nH]1. The molecule has 0 spiro atoms. The van der Waals surface area contributed by atoms with Gasteiger partial charge in [-0.05, 0) is 12.2 Å². The maximum atomic E-state index is 5.32. The minimum Gasteiger partial charge on any atom is -0.378 e. The second-order valence-electron chi connectivity index (χ2n) is 3.62. The lowest BCUT2D eigenvalue weighted by molar-refractivity contribution is 0.122. The zero-order chi connectivity index (χ0) is 11.0. The molecule has 0 aliphatic carbocycles. The van der Waals surface area contributed by atoms with Crippen molar-refractivity contribution < 1.29 is 4.74 Å². The molecule has 1 saturated heterocycles. The first-order chi connectivity index (χ1) is 7.84. The van der Waals surface area contributed by atoms with Gasteiger partial charge in [0.25, 0.3) is 0 Å². The van der Waals surface area contributed by atoms with Crippen molar-refractivity contribution in [3.63, 3.8) is 0 Å². The van der Waals surface area contributed by atoms with Crippen molar-refractivity contribution in [3.05, 3.63) is 11.0 Å². The van der Waals surface area contributed by atoms with Gasteiger partial charge in [0.05, 0.1) is 24.8 Å². The second-order valence-corrected chi connectivity index (χ2v) is 4.01. The summed E-state index contributed by atoms with van der Waals surface area (Å²) in [5.41, 5.74) is 0.821. The minimum absolute atomic E-state index is 0.471. The molecule has 3 heterocycles. The van der Waals surface area contributed by atoms with Gasteiger partial charge < -0.3 is 14.6 Å². The highest BCUT2D eigenvalue weighted by Gasteiger charge is 2.16. The summed E-state index contributed by atoms with van der Waals surface area (Å²) in [5, 5.41) is 7.84. The monoisotopic (exact) mass is 237 g/mol. The molecule has 0 amide bonds. The lowest BCUT2D eigenvalue weighted by atomic mass is 10.3. The maximum Gasteiger partial charge on any atom is 0.200 e. The van der Waals surface area contributed by atoms with Gasteiger partial charge in [0.15, 0.2) is 4.77 Å². The summed E-state index contributed by atoms with van der Waals surface area (Å²) < 4.78 is 5.79. The number of nitrogens with one attached hydrogen (secondary N) is 2. The summed E-state index contributed by atoms with van der Waals surface area (Å²) in [6.45, 7) is 3.14. The van der Waals surface area contributed by atoms with E-state index in [2.05, 4.69) is 25.1 Å². The van der Waals surface area contributed by atoms with Gasteiger partial charge in [0.2, 0.25) is 0 Å². The normalized spacial score (nSPS) is 16.9. The number of H-pyrrole nitrogens is 2. The van der Waals surface area contributed by atoms with Crippen molar-refractivity contribution in [1.82, 2.24) is 20.2 Å². The van der Waals surface area contributed by atoms with Crippen LogP contribution in [0.3, 0.4) is 0 Å². The molecule has 3 rings (SSSR count). The Hall–Kier alpha value is -1.47. The van der Waals surface area contributed by atoms with E-state index in [4.69, 9.17) is 17.0 Å². The number of aromatic nitrogens is 4. The number of morpholine rings is 1. The summed E-state index contributed by atoms with van der Waals surface area (Å²) in [7, 11) is 0. The van der Waals surface area contributed by atoms with E-state index in [1.807, 2.05) is 0 Å². The van der Waals surface area contributed by atoms with E-state index in [1.165, 1.54) is 0 Å². The Bertz CT molecular complexity index is 556. The van der Waals surface area contributed by atoms with Gasteiger partial charge in [0.1, 0.15) is 11.5 Å². The molecule has 84 valence electrons. The zero-order valence-corrected chi connectivity index (χ0v) is 9.38. The van der Waals surface area contributed by atoms with Gasteiger partial charge in [-0.1, -0.05) is 0 Å². The van der Waals surface area contributed by atoms with Crippen LogP contribution in [0.15, 0.2) is 6.20 Å². The first-order valence-corrected chi connectivity index (χ1v) is 5.51. The van der Waals surface area contributed by atoms with Crippen molar-refractivity contribution in [3.8, 4) is 0 Å². The largest absolute Gasteiger partial charge is 0.378 e. The van der Waals surface area contributed by atoms with Crippen molar-refractivity contribution in [2.45, 2.75) is 0 Å². The average Bonchev–Trinajstić information content (AvgIpc) is 2.77. The summed E-state index contributed by atoms with van der Waals surface area (Å²) >= 11 is 5.09. The molecule has 1 aliphatic rings. The predicted molar refractivity (Wildman–Crippen MR) is 62.1 cm³/mol. The van der Waals surface area contributed by atoms with Crippen LogP contribution in [-0.4, -0.2) is 46.5 Å². The van der Waals surface area contributed by atoms with Crippen LogP contribution in [0.1, 0.15) is 0 Å². The molecule has 0 bridgehead atoms. The van der Waals surface area contributed by atoms with Crippen LogP contribution < -0.4 is 4.90 Å². The third-order valence-electron chi connectivity index (χ3n) is 2.63. The van der Waals surface area contributed by atoms with Gasteiger partial charge >= 0.3 is 0 Å². The molecule has 0 radical (unpaired) electrons. The molecule has 1 aliphatic heterocycles. The van der Waals surface area contributed by atoms with E-state index >= 15 is 0 Å². The highest BCUT2D eigenvalue weighted by Crippen LogP contribution is 2.21. The predicted octanol–water partition coefficient (Wildman–Crippen LogP) is 0.852. The Balaban J connectivity index is 2.13. The molecule has 7 heteroatoms. The zero-order valence-electron chi connectivity index (χ0n) is 8.56. The van der Waals surface area contributed by atoms with Crippen LogP contribution in [-0.2, 0) is 4.74 Å². The van der Waals surface area contributed by atoms with E-state index in [-0.39, 0.29) is 0 Å². The Kier molecular flexibility index (Phi) is 2.33. The fraction of sp³-hybridized carbons (Fsp3) is 0.444. The molecular formula is C9H11N5OS. The van der Waals surface area contributed by atoms with E-state index in [0.717, 1.165) is 43.2 Å². The van der Waals surface area contributed by atoms with Crippen LogP contribution in [0.25, 0.3) is 11.0 Å². The molecule has 0 atom stereocenters. The highest BCUT2D eigenvalue weighted by molar-refractivity contribution is 7.71. The molecule has 2 aromatic heterocycles. The van der Waals surface area contributed by atoms with Crippen molar-refractivity contribution in [2.75, 3.05) is 31.2 Å². The van der Waals surface area contributed by atoms with Crippen molar-refractivity contribution >= 4 is 29.1 Å². The molecule has 6 nitrogen and oxygen atoms in total. The van der Waals surface area contributed by atoms with Gasteiger partial charge in [-0.3, -0.25) is 5.10 Å². The number of nitrogens with zero attached hydrogens (tertiary/aromatic N) is 3. The number of hydrogen-bond donors (Lipinski definition) is 2. The van der Waals surface area contributed by atoms with Crippen LogP contribution in [0.5, 0.6) is 0 Å². The summed E-state index contributed by atoms with van der Waals surface area (Å²) in [5.74, 6) is 0.885. The topological polar surface area (TPSA) is 69.8 Å². The molecule has 2 aromatic rings. The summed E-state index contributed by atoms with van der Waals surface area (Å²) in [6, 6.07) is 0. The molecule has 0 unspecified atom stereocenters. The van der Waals surface area contributed by atoms with Gasteiger partial charge in [0, 0.05) is 13.1 Å². The van der Waals surface area contributed by atoms with Gasteiger partial charge in [-0.2, -0.15) is 5.10 Å². The minimum atomic E-state index is 0.471. The Morgan fingerprint density at radius 2 is 2.19 bits per heavy atom. The van der Waals surface area contributed by atoms with Gasteiger partial charge in [-0.25, -0.2) is 4.98 Å². The molecule has 16 heavy (non-hydrogen) atoms. The quantitative estimate of drug-likeness (QED) is 0.720. The fourth-order valence-electron chi connectivity index (χ4n) is 1.86. The second kappa shape index (κ2) is 3.84. The average molecular weight is 237 g/mol. The third kappa shape index (κ3) is 1.57. The summed E-state index contributed by atoms with van der Waals surface area (Å²) in [6.07, 6.45) is 1.76. The number of rotatable bonds is 1. The van der Waals surface area contributed by atoms with Gasteiger partial charge in [-0.15, -0.1) is 0 Å². The van der Waals surface area contributed by atoms with Crippen LogP contribution in [0.2, 0.25) is 0 Å². The fourth-order valence-corrected chi connectivity index (χ4v) is 2.05. The van der Waals surface area contributed by atoms with Crippen molar-refractivity contribution in [2.24, 2.45) is 0 Å². The third-order valence-corrected chi connectivity index (χ3v) is 2.82. The number of anilines is 1. The molecule has 2 N–H and O–H groups in total. The molecule has 0 saturated carbocycles. The Morgan fingerprint density at radius 1 is 1.38 bits per heavy atom. The maximum absolute atomic E-state index is 5.32. The van der Waals surface area contributed by atoms with Crippen LogP contribution >= 0.6 is 12.2 Å². The number of aromatic amines is 2. The number of hydrogen-bond acceptors (Lipinski definition) is 5. The van der Waals surface area contributed by atoms with E-state index in [1.54, 1.807) is 6.20 Å². The van der Waals surface area contributed by atoms with Crippen LogP contribution in [0.4, 0.5) is 5.82 Å². The standard InChI is InChI=1S/C9H11N5OS/c16-9-11-7-6(5-10-13-7)8(12-9)14-1-3-15-4-2-14/h5H,1-4H2,(H2,10,11,12,13,16). The van der Waals surface area contributed by atoms with E-state index in [9.17, 15) is 0 Å². The van der Waals surface area contributed by atoms with Crippen molar-refractivity contribution in [1.29, 1.82) is 0 Å². The van der Waals surface area contributed by atoms with E-state index < -0.39 is 0 Å². The first kappa shape index (κ1) is 9.73. The molecular weight excluding hydrogens is 226 g/mol. The Morgan fingerprint density at radius 3 is 3.00 bits per heavy atom.